The van der Waals surface area contributed by atoms with Crippen LogP contribution in [-0.4, -0.2) is 32.4 Å². The van der Waals surface area contributed by atoms with Gasteiger partial charge in [-0.2, -0.15) is 0 Å². The van der Waals surface area contributed by atoms with Gasteiger partial charge >= 0.3 is 0 Å². The highest BCUT2D eigenvalue weighted by atomic mass is 32.2. The van der Waals surface area contributed by atoms with Crippen LogP contribution in [-0.2, 0) is 32.5 Å². The minimum Gasteiger partial charge on any atom is -0.380 e. The zero-order chi connectivity index (χ0) is 16.7. The Kier molecular flexibility index (Phi) is 6.59. The molecule has 0 aromatic heterocycles. The van der Waals surface area contributed by atoms with Gasteiger partial charge in [-0.05, 0) is 24.0 Å². The SMILES string of the molecule is COCc1cccc(CNC(=O)CCS(=O)(=O)C2CCCC2)c1. The second-order valence-corrected chi connectivity index (χ2v) is 8.45. The Morgan fingerprint density at radius 3 is 2.65 bits per heavy atom. The predicted molar refractivity (Wildman–Crippen MR) is 89.7 cm³/mol. The summed E-state index contributed by atoms with van der Waals surface area (Å²) in [5, 5.41) is 2.55. The normalized spacial score (nSPS) is 15.7. The Morgan fingerprint density at radius 1 is 1.26 bits per heavy atom. The Labute approximate surface area is 138 Å². The lowest BCUT2D eigenvalue weighted by Crippen LogP contribution is -2.28. The summed E-state index contributed by atoms with van der Waals surface area (Å²) in [6.45, 7) is 0.932. The van der Waals surface area contributed by atoms with Crippen LogP contribution in [0.25, 0.3) is 0 Å². The quantitative estimate of drug-likeness (QED) is 0.788. The lowest BCUT2D eigenvalue weighted by molar-refractivity contribution is -0.120. The number of benzene rings is 1. The molecule has 1 saturated carbocycles. The Hall–Kier alpha value is -1.40. The first kappa shape index (κ1) is 17.9. The van der Waals surface area contributed by atoms with Gasteiger partial charge < -0.3 is 10.1 Å². The molecule has 23 heavy (non-hydrogen) atoms. The van der Waals surface area contributed by atoms with Gasteiger partial charge in [0.05, 0.1) is 17.6 Å². The Balaban J connectivity index is 1.77. The maximum atomic E-state index is 12.1. The number of hydrogen-bond donors (Lipinski definition) is 1. The summed E-state index contributed by atoms with van der Waals surface area (Å²) in [6, 6.07) is 7.77. The highest BCUT2D eigenvalue weighted by molar-refractivity contribution is 7.92. The van der Waals surface area contributed by atoms with Gasteiger partial charge in [-0.3, -0.25) is 4.79 Å². The number of methoxy groups -OCH3 is 1. The van der Waals surface area contributed by atoms with Gasteiger partial charge in [-0.1, -0.05) is 37.1 Å². The third kappa shape index (κ3) is 5.62. The zero-order valence-electron chi connectivity index (χ0n) is 13.6. The molecule has 0 aliphatic heterocycles. The number of amides is 1. The molecule has 0 radical (unpaired) electrons. The number of carbonyl (C=O) groups is 1. The molecule has 1 aliphatic rings. The van der Waals surface area contributed by atoms with E-state index in [1.807, 2.05) is 24.3 Å². The summed E-state index contributed by atoms with van der Waals surface area (Å²) in [5.41, 5.74) is 2.02. The maximum Gasteiger partial charge on any atom is 0.221 e. The molecule has 2 rings (SSSR count). The van der Waals surface area contributed by atoms with E-state index in [0.29, 0.717) is 13.2 Å². The molecule has 0 atom stereocenters. The maximum absolute atomic E-state index is 12.1. The molecule has 6 heteroatoms. The van der Waals surface area contributed by atoms with Crippen molar-refractivity contribution in [3.63, 3.8) is 0 Å². The molecule has 0 unspecified atom stereocenters. The van der Waals surface area contributed by atoms with Crippen molar-refractivity contribution in [2.45, 2.75) is 50.5 Å². The summed E-state index contributed by atoms with van der Waals surface area (Å²) in [4.78, 5) is 11.9. The number of carbonyl (C=O) groups excluding carboxylic acids is 1. The first-order valence-electron chi connectivity index (χ1n) is 8.06. The molecule has 1 aromatic rings. The van der Waals surface area contributed by atoms with Crippen LogP contribution in [0.2, 0.25) is 0 Å². The molecule has 0 bridgehead atoms. The minimum absolute atomic E-state index is 0.0383. The van der Waals surface area contributed by atoms with Crippen molar-refractivity contribution >= 4 is 15.7 Å². The molecule has 0 heterocycles. The van der Waals surface area contributed by atoms with Crippen molar-refractivity contribution in [2.24, 2.45) is 0 Å². The highest BCUT2D eigenvalue weighted by Gasteiger charge is 2.28. The first-order valence-corrected chi connectivity index (χ1v) is 9.78. The molecule has 1 aromatic carbocycles. The summed E-state index contributed by atoms with van der Waals surface area (Å²) in [6.07, 6.45) is 3.49. The van der Waals surface area contributed by atoms with Gasteiger partial charge in [-0.15, -0.1) is 0 Å². The molecular formula is C17H25NO4S. The fourth-order valence-electron chi connectivity index (χ4n) is 2.93. The molecule has 1 aliphatic carbocycles. The van der Waals surface area contributed by atoms with E-state index in [0.717, 1.165) is 36.8 Å². The average Bonchev–Trinajstić information content (AvgIpc) is 3.07. The van der Waals surface area contributed by atoms with E-state index in [2.05, 4.69) is 5.32 Å². The molecule has 0 spiro atoms. The van der Waals surface area contributed by atoms with E-state index in [1.165, 1.54) is 0 Å². The molecule has 0 saturated heterocycles. The molecule has 1 fully saturated rings. The Morgan fingerprint density at radius 2 is 1.96 bits per heavy atom. The van der Waals surface area contributed by atoms with Crippen molar-refractivity contribution in [1.82, 2.24) is 5.32 Å². The number of hydrogen-bond acceptors (Lipinski definition) is 4. The topological polar surface area (TPSA) is 72.5 Å². The van der Waals surface area contributed by atoms with Crippen LogP contribution in [0.5, 0.6) is 0 Å². The van der Waals surface area contributed by atoms with Crippen molar-refractivity contribution in [3.8, 4) is 0 Å². The number of sulfone groups is 1. The third-order valence-electron chi connectivity index (χ3n) is 4.22. The summed E-state index contributed by atoms with van der Waals surface area (Å²) in [7, 11) is -1.49. The summed E-state index contributed by atoms with van der Waals surface area (Å²) < 4.78 is 29.3. The average molecular weight is 339 g/mol. The van der Waals surface area contributed by atoms with Gasteiger partial charge in [0.1, 0.15) is 0 Å². The number of ether oxygens (including phenoxy) is 1. The van der Waals surface area contributed by atoms with Gasteiger partial charge in [0.2, 0.25) is 5.91 Å². The van der Waals surface area contributed by atoms with Gasteiger partial charge in [0, 0.05) is 20.1 Å². The monoisotopic (exact) mass is 339 g/mol. The largest absolute Gasteiger partial charge is 0.380 e. The second kappa shape index (κ2) is 8.45. The van der Waals surface area contributed by atoms with Crippen LogP contribution >= 0.6 is 0 Å². The highest BCUT2D eigenvalue weighted by Crippen LogP contribution is 2.25. The van der Waals surface area contributed by atoms with Crippen LogP contribution in [0.3, 0.4) is 0 Å². The van der Waals surface area contributed by atoms with Crippen molar-refractivity contribution in [2.75, 3.05) is 12.9 Å². The molecule has 5 nitrogen and oxygen atoms in total. The molecule has 128 valence electrons. The van der Waals surface area contributed by atoms with E-state index in [4.69, 9.17) is 4.74 Å². The minimum atomic E-state index is -3.13. The predicted octanol–water partition coefficient (Wildman–Crippen LogP) is 2.20. The van der Waals surface area contributed by atoms with Crippen molar-refractivity contribution in [1.29, 1.82) is 0 Å². The van der Waals surface area contributed by atoms with Gasteiger partial charge in [-0.25, -0.2) is 8.42 Å². The molecule has 1 amide bonds. The van der Waals surface area contributed by atoms with Gasteiger partial charge in [0.25, 0.3) is 0 Å². The van der Waals surface area contributed by atoms with E-state index >= 15 is 0 Å². The number of nitrogens with one attached hydrogen (secondary N) is 1. The smallest absolute Gasteiger partial charge is 0.221 e. The number of rotatable bonds is 8. The standard InChI is InChI=1S/C17H25NO4S/c1-22-13-15-6-4-5-14(11-15)12-18-17(19)9-10-23(20,21)16-7-2-3-8-16/h4-6,11,16H,2-3,7-10,12-13H2,1H3,(H,18,19). The lowest BCUT2D eigenvalue weighted by Gasteiger charge is -2.11. The zero-order valence-corrected chi connectivity index (χ0v) is 14.4. The third-order valence-corrected chi connectivity index (χ3v) is 6.48. The van der Waals surface area contributed by atoms with E-state index in [9.17, 15) is 13.2 Å². The molecule has 1 N–H and O–H groups in total. The lowest BCUT2D eigenvalue weighted by atomic mass is 10.1. The van der Waals surface area contributed by atoms with Crippen LogP contribution in [0.4, 0.5) is 0 Å². The van der Waals surface area contributed by atoms with E-state index in [1.54, 1.807) is 7.11 Å². The van der Waals surface area contributed by atoms with Gasteiger partial charge in [0.15, 0.2) is 9.84 Å². The van der Waals surface area contributed by atoms with Crippen molar-refractivity contribution < 1.29 is 17.9 Å². The van der Waals surface area contributed by atoms with E-state index < -0.39 is 9.84 Å². The summed E-state index contributed by atoms with van der Waals surface area (Å²) in [5.74, 6) is -0.267. The van der Waals surface area contributed by atoms with Crippen LogP contribution in [0, 0.1) is 0 Å². The van der Waals surface area contributed by atoms with Crippen molar-refractivity contribution in [3.05, 3.63) is 35.4 Å². The second-order valence-electron chi connectivity index (χ2n) is 6.05. The van der Waals surface area contributed by atoms with Crippen LogP contribution in [0.1, 0.15) is 43.2 Å². The van der Waals surface area contributed by atoms with Crippen LogP contribution in [0.15, 0.2) is 24.3 Å². The van der Waals surface area contributed by atoms with Crippen LogP contribution < -0.4 is 5.32 Å². The van der Waals surface area contributed by atoms with E-state index in [-0.39, 0.29) is 23.3 Å². The fraction of sp³-hybridized carbons (Fsp3) is 0.588. The first-order chi connectivity index (χ1) is 11.0. The fourth-order valence-corrected chi connectivity index (χ4v) is 4.79. The Bertz CT molecular complexity index is 621. The molecular weight excluding hydrogens is 314 g/mol. The summed E-state index contributed by atoms with van der Waals surface area (Å²) >= 11 is 0.